The second kappa shape index (κ2) is 7.22. The minimum atomic E-state index is -0.284. The Morgan fingerprint density at radius 3 is 2.68 bits per heavy atom. The summed E-state index contributed by atoms with van der Waals surface area (Å²) in [5, 5.41) is 0. The van der Waals surface area contributed by atoms with Crippen molar-refractivity contribution in [2.45, 2.75) is 12.8 Å². The Morgan fingerprint density at radius 2 is 2.05 bits per heavy atom. The highest BCUT2D eigenvalue weighted by atomic mass is 79.9. The Hall–Kier alpha value is -0.650. The number of hydrogen-bond donors (Lipinski definition) is 1. The van der Waals surface area contributed by atoms with E-state index in [0.717, 1.165) is 26.2 Å². The van der Waals surface area contributed by atoms with E-state index in [9.17, 15) is 4.39 Å². The van der Waals surface area contributed by atoms with E-state index in [1.165, 1.54) is 25.0 Å². The van der Waals surface area contributed by atoms with Crippen molar-refractivity contribution in [3.63, 3.8) is 0 Å². The third-order valence-electron chi connectivity index (χ3n) is 3.55. The Bertz CT molecular complexity index is 388. The van der Waals surface area contributed by atoms with E-state index in [2.05, 4.69) is 20.8 Å². The van der Waals surface area contributed by atoms with Gasteiger partial charge in [-0.15, -0.1) is 0 Å². The van der Waals surface area contributed by atoms with Gasteiger partial charge in [0, 0.05) is 17.1 Å². The lowest BCUT2D eigenvalue weighted by atomic mass is 9.97. The summed E-state index contributed by atoms with van der Waals surface area (Å²) in [7, 11) is 0. The highest BCUT2D eigenvalue weighted by Gasteiger charge is 2.17. The van der Waals surface area contributed by atoms with Crippen LogP contribution in [0.25, 0.3) is 0 Å². The lowest BCUT2D eigenvalue weighted by molar-refractivity contribution is 0.157. The van der Waals surface area contributed by atoms with Crippen LogP contribution >= 0.6 is 15.9 Å². The van der Waals surface area contributed by atoms with Crippen molar-refractivity contribution in [1.82, 2.24) is 4.90 Å². The lowest BCUT2D eigenvalue weighted by Gasteiger charge is -2.31. The minimum absolute atomic E-state index is 0.284. The van der Waals surface area contributed by atoms with Crippen LogP contribution in [-0.4, -0.2) is 37.7 Å². The van der Waals surface area contributed by atoms with Crippen LogP contribution < -0.4 is 10.5 Å². The number of piperidine rings is 1. The van der Waals surface area contributed by atoms with Gasteiger partial charge in [-0.1, -0.05) is 15.9 Å². The van der Waals surface area contributed by atoms with E-state index in [1.807, 2.05) is 0 Å². The molecule has 1 aromatic carbocycles. The number of likely N-dealkylation sites (tertiary alicyclic amines) is 1. The van der Waals surface area contributed by atoms with Crippen LogP contribution in [-0.2, 0) is 0 Å². The fourth-order valence-electron chi connectivity index (χ4n) is 2.35. The SMILES string of the molecule is NCC1CCN(CCOc2cc(F)cc(Br)c2)CC1. The van der Waals surface area contributed by atoms with Crippen LogP contribution in [0.15, 0.2) is 22.7 Å². The number of benzene rings is 1. The summed E-state index contributed by atoms with van der Waals surface area (Å²) in [6.07, 6.45) is 2.34. The summed E-state index contributed by atoms with van der Waals surface area (Å²) in [6.45, 7) is 4.42. The van der Waals surface area contributed by atoms with E-state index >= 15 is 0 Å². The highest BCUT2D eigenvalue weighted by molar-refractivity contribution is 9.10. The largest absolute Gasteiger partial charge is 0.492 e. The van der Waals surface area contributed by atoms with Crippen LogP contribution in [0, 0.1) is 11.7 Å². The molecule has 1 aliphatic rings. The van der Waals surface area contributed by atoms with Crippen molar-refractivity contribution in [3.05, 3.63) is 28.5 Å². The maximum Gasteiger partial charge on any atom is 0.128 e. The molecule has 1 saturated heterocycles. The first kappa shape index (κ1) is 14.8. The Morgan fingerprint density at radius 1 is 1.32 bits per heavy atom. The van der Waals surface area contributed by atoms with Gasteiger partial charge in [-0.25, -0.2) is 4.39 Å². The molecule has 0 unspecified atom stereocenters. The molecule has 2 rings (SSSR count). The highest BCUT2D eigenvalue weighted by Crippen LogP contribution is 2.21. The van der Waals surface area contributed by atoms with Crippen molar-refractivity contribution in [2.24, 2.45) is 11.7 Å². The maximum atomic E-state index is 13.2. The topological polar surface area (TPSA) is 38.5 Å². The van der Waals surface area contributed by atoms with Crippen molar-refractivity contribution < 1.29 is 9.13 Å². The fourth-order valence-corrected chi connectivity index (χ4v) is 2.79. The molecule has 0 saturated carbocycles. The third kappa shape index (κ3) is 4.75. The van der Waals surface area contributed by atoms with Crippen LogP contribution in [0.4, 0.5) is 4.39 Å². The van der Waals surface area contributed by atoms with Gasteiger partial charge in [0.25, 0.3) is 0 Å². The molecule has 1 fully saturated rings. The zero-order chi connectivity index (χ0) is 13.7. The average Bonchev–Trinajstić information content (AvgIpc) is 2.38. The Labute approximate surface area is 122 Å². The first-order chi connectivity index (χ1) is 9.17. The molecule has 1 aromatic rings. The number of rotatable bonds is 5. The molecule has 1 aliphatic heterocycles. The van der Waals surface area contributed by atoms with Gasteiger partial charge in [0.2, 0.25) is 0 Å². The van der Waals surface area contributed by atoms with E-state index < -0.39 is 0 Å². The molecule has 3 nitrogen and oxygen atoms in total. The molecule has 0 aromatic heterocycles. The van der Waals surface area contributed by atoms with Crippen LogP contribution in [0.3, 0.4) is 0 Å². The normalized spacial score (nSPS) is 17.6. The Kier molecular flexibility index (Phi) is 5.60. The third-order valence-corrected chi connectivity index (χ3v) is 4.01. The molecular weight excluding hydrogens is 311 g/mol. The molecule has 5 heteroatoms. The monoisotopic (exact) mass is 330 g/mol. The smallest absolute Gasteiger partial charge is 0.128 e. The van der Waals surface area contributed by atoms with Crippen molar-refractivity contribution in [1.29, 1.82) is 0 Å². The van der Waals surface area contributed by atoms with Gasteiger partial charge in [0.1, 0.15) is 18.2 Å². The number of ether oxygens (including phenoxy) is 1. The second-order valence-electron chi connectivity index (χ2n) is 4.97. The predicted octanol–water partition coefficient (Wildman–Crippen LogP) is 2.64. The summed E-state index contributed by atoms with van der Waals surface area (Å²) < 4.78 is 19.4. The molecule has 19 heavy (non-hydrogen) atoms. The predicted molar refractivity (Wildman–Crippen MR) is 77.8 cm³/mol. The summed E-state index contributed by atoms with van der Waals surface area (Å²) in [6, 6.07) is 4.61. The molecular formula is C14H20BrFN2O. The summed E-state index contributed by atoms with van der Waals surface area (Å²) in [4.78, 5) is 2.38. The summed E-state index contributed by atoms with van der Waals surface area (Å²) in [5.74, 6) is 0.966. The molecule has 0 radical (unpaired) electrons. The zero-order valence-corrected chi connectivity index (χ0v) is 12.5. The van der Waals surface area contributed by atoms with E-state index in [-0.39, 0.29) is 5.82 Å². The van der Waals surface area contributed by atoms with Crippen LogP contribution in [0.5, 0.6) is 5.75 Å². The van der Waals surface area contributed by atoms with Gasteiger partial charge in [-0.05, 0) is 50.5 Å². The standard InChI is InChI=1S/C14H20BrFN2O/c15-12-7-13(16)9-14(8-12)19-6-5-18-3-1-11(10-17)2-4-18/h7-9,11H,1-6,10,17H2. The quantitative estimate of drug-likeness (QED) is 0.901. The molecule has 0 bridgehead atoms. The molecule has 0 aliphatic carbocycles. The summed E-state index contributed by atoms with van der Waals surface area (Å²) >= 11 is 3.25. The molecule has 0 amide bonds. The lowest BCUT2D eigenvalue weighted by Crippen LogP contribution is -2.38. The van der Waals surface area contributed by atoms with Crippen LogP contribution in [0.2, 0.25) is 0 Å². The van der Waals surface area contributed by atoms with Gasteiger partial charge < -0.3 is 10.5 Å². The second-order valence-corrected chi connectivity index (χ2v) is 5.89. The molecule has 0 atom stereocenters. The zero-order valence-electron chi connectivity index (χ0n) is 10.9. The van der Waals surface area contributed by atoms with Crippen molar-refractivity contribution >= 4 is 15.9 Å². The van der Waals surface area contributed by atoms with E-state index in [4.69, 9.17) is 10.5 Å². The first-order valence-electron chi connectivity index (χ1n) is 6.68. The van der Waals surface area contributed by atoms with Gasteiger partial charge in [0.05, 0.1) is 0 Å². The number of nitrogens with two attached hydrogens (primary N) is 1. The number of nitrogens with zero attached hydrogens (tertiary/aromatic N) is 1. The molecule has 1 heterocycles. The van der Waals surface area contributed by atoms with Gasteiger partial charge in [0.15, 0.2) is 0 Å². The summed E-state index contributed by atoms with van der Waals surface area (Å²) in [5.41, 5.74) is 5.67. The molecule has 2 N–H and O–H groups in total. The van der Waals surface area contributed by atoms with Gasteiger partial charge in [-0.2, -0.15) is 0 Å². The Balaban J connectivity index is 1.72. The van der Waals surface area contributed by atoms with Crippen molar-refractivity contribution in [3.8, 4) is 5.75 Å². The number of halogens is 2. The minimum Gasteiger partial charge on any atom is -0.492 e. The molecule has 106 valence electrons. The molecule has 0 spiro atoms. The van der Waals surface area contributed by atoms with Crippen LogP contribution in [0.1, 0.15) is 12.8 Å². The maximum absolute atomic E-state index is 13.2. The van der Waals surface area contributed by atoms with Gasteiger partial charge >= 0.3 is 0 Å². The van der Waals surface area contributed by atoms with E-state index in [0.29, 0.717) is 22.7 Å². The first-order valence-corrected chi connectivity index (χ1v) is 7.48. The van der Waals surface area contributed by atoms with Gasteiger partial charge in [-0.3, -0.25) is 4.90 Å². The average molecular weight is 331 g/mol. The number of hydrogen-bond acceptors (Lipinski definition) is 3. The van der Waals surface area contributed by atoms with Crippen molar-refractivity contribution in [2.75, 3.05) is 32.8 Å². The van der Waals surface area contributed by atoms with E-state index in [1.54, 1.807) is 6.07 Å². The fraction of sp³-hybridized carbons (Fsp3) is 0.571.